The SMILES string of the molecule is Cn1c(-c2nc(-c3ccccn3)no2)cc2ccccc2c1=O. The number of hydrogen-bond acceptors (Lipinski definition) is 5. The van der Waals surface area contributed by atoms with Crippen molar-refractivity contribution in [2.75, 3.05) is 0 Å². The summed E-state index contributed by atoms with van der Waals surface area (Å²) in [5.41, 5.74) is 1.09. The van der Waals surface area contributed by atoms with E-state index < -0.39 is 0 Å². The normalized spacial score (nSPS) is 11.0. The number of nitrogens with zero attached hydrogens (tertiary/aromatic N) is 4. The van der Waals surface area contributed by atoms with Crippen LogP contribution in [0.5, 0.6) is 0 Å². The molecule has 0 atom stereocenters. The van der Waals surface area contributed by atoms with Crippen LogP contribution in [-0.2, 0) is 7.05 Å². The molecule has 0 amide bonds. The van der Waals surface area contributed by atoms with Gasteiger partial charge in [0, 0.05) is 18.6 Å². The fourth-order valence-electron chi connectivity index (χ4n) is 2.48. The molecule has 4 rings (SSSR count). The Kier molecular flexibility index (Phi) is 3.01. The zero-order valence-corrected chi connectivity index (χ0v) is 12.3. The molecule has 0 saturated heterocycles. The Morgan fingerprint density at radius 1 is 1.09 bits per heavy atom. The van der Waals surface area contributed by atoms with E-state index in [4.69, 9.17) is 4.52 Å². The van der Waals surface area contributed by atoms with Gasteiger partial charge in [-0.3, -0.25) is 9.78 Å². The summed E-state index contributed by atoms with van der Waals surface area (Å²) in [7, 11) is 1.69. The highest BCUT2D eigenvalue weighted by Gasteiger charge is 2.15. The highest BCUT2D eigenvalue weighted by atomic mass is 16.5. The molecular formula is C17H12N4O2. The molecule has 3 aromatic heterocycles. The smallest absolute Gasteiger partial charge is 0.275 e. The van der Waals surface area contributed by atoms with Crippen molar-refractivity contribution >= 4 is 10.8 Å². The molecule has 0 aliphatic carbocycles. The molecule has 0 saturated carbocycles. The molecule has 0 bridgehead atoms. The average molecular weight is 304 g/mol. The summed E-state index contributed by atoms with van der Waals surface area (Å²) in [5, 5.41) is 5.44. The molecule has 1 aromatic carbocycles. The van der Waals surface area contributed by atoms with Gasteiger partial charge in [-0.25, -0.2) is 0 Å². The second-order valence-corrected chi connectivity index (χ2v) is 5.12. The van der Waals surface area contributed by atoms with Crippen LogP contribution in [-0.4, -0.2) is 19.7 Å². The molecule has 112 valence electrons. The molecular weight excluding hydrogens is 292 g/mol. The van der Waals surface area contributed by atoms with Gasteiger partial charge >= 0.3 is 0 Å². The van der Waals surface area contributed by atoms with Crippen molar-refractivity contribution in [1.29, 1.82) is 0 Å². The fraction of sp³-hybridized carbons (Fsp3) is 0.0588. The quantitative estimate of drug-likeness (QED) is 0.569. The maximum Gasteiger partial charge on any atom is 0.275 e. The van der Waals surface area contributed by atoms with Crippen molar-refractivity contribution in [2.24, 2.45) is 7.05 Å². The third-order valence-corrected chi connectivity index (χ3v) is 3.69. The molecule has 6 heteroatoms. The van der Waals surface area contributed by atoms with Crippen LogP contribution >= 0.6 is 0 Å². The summed E-state index contributed by atoms with van der Waals surface area (Å²) in [6.07, 6.45) is 1.66. The second-order valence-electron chi connectivity index (χ2n) is 5.12. The molecule has 0 fully saturated rings. The van der Waals surface area contributed by atoms with Gasteiger partial charge in [0.1, 0.15) is 11.4 Å². The van der Waals surface area contributed by atoms with Crippen molar-refractivity contribution in [1.82, 2.24) is 19.7 Å². The molecule has 0 spiro atoms. The highest BCUT2D eigenvalue weighted by Crippen LogP contribution is 2.22. The Balaban J connectivity index is 1.89. The largest absolute Gasteiger partial charge is 0.332 e. The molecule has 4 aromatic rings. The molecule has 23 heavy (non-hydrogen) atoms. The zero-order chi connectivity index (χ0) is 15.8. The van der Waals surface area contributed by atoms with E-state index in [2.05, 4.69) is 15.1 Å². The van der Waals surface area contributed by atoms with Crippen molar-refractivity contribution in [2.45, 2.75) is 0 Å². The summed E-state index contributed by atoms with van der Waals surface area (Å²) in [4.78, 5) is 21.0. The zero-order valence-electron chi connectivity index (χ0n) is 12.3. The number of rotatable bonds is 2. The van der Waals surface area contributed by atoms with E-state index in [-0.39, 0.29) is 11.4 Å². The van der Waals surface area contributed by atoms with Crippen molar-refractivity contribution in [3.63, 3.8) is 0 Å². The minimum absolute atomic E-state index is 0.101. The van der Waals surface area contributed by atoms with Crippen LogP contribution in [0.2, 0.25) is 0 Å². The van der Waals surface area contributed by atoms with E-state index >= 15 is 0 Å². The van der Waals surface area contributed by atoms with E-state index in [1.54, 1.807) is 25.4 Å². The Hall–Kier alpha value is -3.28. The maximum absolute atomic E-state index is 12.5. The molecule has 3 heterocycles. The van der Waals surface area contributed by atoms with Crippen LogP contribution in [0.3, 0.4) is 0 Å². The monoisotopic (exact) mass is 304 g/mol. The Morgan fingerprint density at radius 2 is 1.91 bits per heavy atom. The molecule has 0 aliphatic heterocycles. The van der Waals surface area contributed by atoms with Crippen LogP contribution in [0.1, 0.15) is 0 Å². The summed E-state index contributed by atoms with van der Waals surface area (Å²) in [5.74, 6) is 0.678. The maximum atomic E-state index is 12.5. The lowest BCUT2D eigenvalue weighted by Gasteiger charge is -2.06. The van der Waals surface area contributed by atoms with Crippen molar-refractivity contribution in [3.05, 3.63) is 65.1 Å². The third-order valence-electron chi connectivity index (χ3n) is 3.69. The minimum atomic E-state index is -0.101. The summed E-state index contributed by atoms with van der Waals surface area (Å²) in [6, 6.07) is 14.8. The van der Waals surface area contributed by atoms with E-state index in [1.165, 1.54) is 4.57 Å². The van der Waals surface area contributed by atoms with Gasteiger partial charge in [0.2, 0.25) is 5.82 Å². The van der Waals surface area contributed by atoms with E-state index in [9.17, 15) is 4.79 Å². The first-order valence-electron chi connectivity index (χ1n) is 7.08. The number of hydrogen-bond donors (Lipinski definition) is 0. The minimum Gasteiger partial charge on any atom is -0.332 e. The predicted molar refractivity (Wildman–Crippen MR) is 85.7 cm³/mol. The van der Waals surface area contributed by atoms with Crippen LogP contribution in [0, 0.1) is 0 Å². The second kappa shape index (κ2) is 5.17. The lowest BCUT2D eigenvalue weighted by molar-refractivity contribution is 0.429. The Morgan fingerprint density at radius 3 is 2.74 bits per heavy atom. The Bertz CT molecular complexity index is 1050. The first-order chi connectivity index (χ1) is 11.2. The summed E-state index contributed by atoms with van der Waals surface area (Å²) >= 11 is 0. The fourth-order valence-corrected chi connectivity index (χ4v) is 2.48. The molecule has 0 unspecified atom stereocenters. The molecule has 0 N–H and O–H groups in total. The Labute approximate surface area is 131 Å². The topological polar surface area (TPSA) is 73.8 Å². The van der Waals surface area contributed by atoms with E-state index in [1.807, 2.05) is 36.4 Å². The van der Waals surface area contributed by atoms with Crippen LogP contribution in [0.4, 0.5) is 0 Å². The van der Waals surface area contributed by atoms with Crippen LogP contribution in [0.25, 0.3) is 33.9 Å². The highest BCUT2D eigenvalue weighted by molar-refractivity contribution is 5.84. The first kappa shape index (κ1) is 13.4. The molecule has 0 radical (unpaired) electrons. The van der Waals surface area contributed by atoms with Gasteiger partial charge in [-0.15, -0.1) is 0 Å². The van der Waals surface area contributed by atoms with Gasteiger partial charge in [0.15, 0.2) is 0 Å². The predicted octanol–water partition coefficient (Wildman–Crippen LogP) is 2.65. The number of benzene rings is 1. The first-order valence-corrected chi connectivity index (χ1v) is 7.08. The summed E-state index contributed by atoms with van der Waals surface area (Å²) in [6.45, 7) is 0. The van der Waals surface area contributed by atoms with Gasteiger partial charge in [-0.05, 0) is 29.7 Å². The van der Waals surface area contributed by atoms with E-state index in [0.717, 1.165) is 5.39 Å². The van der Waals surface area contributed by atoms with Gasteiger partial charge in [-0.2, -0.15) is 4.98 Å². The lowest BCUT2D eigenvalue weighted by Crippen LogP contribution is -2.18. The number of fused-ring (bicyclic) bond motifs is 1. The van der Waals surface area contributed by atoms with Gasteiger partial charge in [-0.1, -0.05) is 29.4 Å². The number of pyridine rings is 2. The average Bonchev–Trinajstić information content (AvgIpc) is 3.09. The van der Waals surface area contributed by atoms with Crippen molar-refractivity contribution in [3.8, 4) is 23.1 Å². The van der Waals surface area contributed by atoms with E-state index in [0.29, 0.717) is 22.6 Å². The molecule has 0 aliphatic rings. The van der Waals surface area contributed by atoms with Crippen molar-refractivity contribution < 1.29 is 4.52 Å². The van der Waals surface area contributed by atoms with Gasteiger partial charge < -0.3 is 9.09 Å². The van der Waals surface area contributed by atoms with Gasteiger partial charge in [0.05, 0.1) is 0 Å². The third kappa shape index (κ3) is 2.20. The molecule has 6 nitrogen and oxygen atoms in total. The lowest BCUT2D eigenvalue weighted by atomic mass is 10.1. The summed E-state index contributed by atoms with van der Waals surface area (Å²) < 4.78 is 6.84. The van der Waals surface area contributed by atoms with Crippen LogP contribution in [0.15, 0.2) is 64.0 Å². The number of aromatic nitrogens is 4. The van der Waals surface area contributed by atoms with Crippen LogP contribution < -0.4 is 5.56 Å². The van der Waals surface area contributed by atoms with Gasteiger partial charge in [0.25, 0.3) is 11.4 Å². The standard InChI is InChI=1S/C17H12N4O2/c1-21-14(10-11-6-2-3-7-12(11)17(21)22)16-19-15(20-23-16)13-8-4-5-9-18-13/h2-10H,1H3.